The first-order valence-electron chi connectivity index (χ1n) is 6.15. The molecule has 0 bridgehead atoms. The molecule has 0 radical (unpaired) electrons. The third-order valence-electron chi connectivity index (χ3n) is 3.23. The first-order valence-corrected chi connectivity index (χ1v) is 6.15. The van der Waals surface area contributed by atoms with Crippen LogP contribution in [0.3, 0.4) is 0 Å². The Morgan fingerprint density at radius 1 is 1.44 bits per heavy atom. The van der Waals surface area contributed by atoms with Gasteiger partial charge in [-0.05, 0) is 6.42 Å². The number of hydrogen-bond acceptors (Lipinski definition) is 4. The minimum absolute atomic E-state index is 0.186. The van der Waals surface area contributed by atoms with Crippen LogP contribution in [0, 0.1) is 0 Å². The number of morpholine rings is 1. The van der Waals surface area contributed by atoms with Gasteiger partial charge in [-0.3, -0.25) is 9.69 Å². The number of ether oxygens (including phenoxy) is 1. The van der Waals surface area contributed by atoms with Crippen molar-refractivity contribution in [3.05, 3.63) is 0 Å². The molecule has 5 heteroatoms. The molecule has 2 aliphatic heterocycles. The highest BCUT2D eigenvalue weighted by Gasteiger charge is 2.17. The summed E-state index contributed by atoms with van der Waals surface area (Å²) in [5.74, 6) is 0.186. The van der Waals surface area contributed by atoms with Crippen molar-refractivity contribution < 1.29 is 9.53 Å². The molecule has 0 aromatic heterocycles. The van der Waals surface area contributed by atoms with Gasteiger partial charge in [0.05, 0.1) is 13.2 Å². The highest BCUT2D eigenvalue weighted by atomic mass is 16.5. The Bertz CT molecular complexity index is 219. The highest BCUT2D eigenvalue weighted by Crippen LogP contribution is 2.02. The van der Waals surface area contributed by atoms with E-state index < -0.39 is 0 Å². The second-order valence-corrected chi connectivity index (χ2v) is 4.45. The first-order chi connectivity index (χ1) is 7.84. The Balaban J connectivity index is 1.55. The number of hydrogen-bond donors (Lipinski definition) is 2. The molecule has 2 rings (SSSR count). The number of rotatable bonds is 4. The van der Waals surface area contributed by atoms with Crippen molar-refractivity contribution in [2.24, 2.45) is 0 Å². The smallest absolute Gasteiger partial charge is 0.220 e. The van der Waals surface area contributed by atoms with Gasteiger partial charge < -0.3 is 15.4 Å². The van der Waals surface area contributed by atoms with Gasteiger partial charge in [0, 0.05) is 45.2 Å². The van der Waals surface area contributed by atoms with E-state index in [1.807, 2.05) is 0 Å². The quantitative estimate of drug-likeness (QED) is 0.659. The molecular formula is C11H21N3O2. The van der Waals surface area contributed by atoms with Crippen molar-refractivity contribution in [2.75, 3.05) is 45.9 Å². The molecule has 16 heavy (non-hydrogen) atoms. The number of nitrogens with one attached hydrogen (secondary N) is 2. The summed E-state index contributed by atoms with van der Waals surface area (Å²) >= 11 is 0. The van der Waals surface area contributed by atoms with Crippen molar-refractivity contribution in [2.45, 2.75) is 18.9 Å². The van der Waals surface area contributed by atoms with Crippen LogP contribution in [0.4, 0.5) is 0 Å². The molecule has 0 saturated carbocycles. The maximum absolute atomic E-state index is 11.0. The van der Waals surface area contributed by atoms with Crippen molar-refractivity contribution >= 4 is 5.91 Å². The highest BCUT2D eigenvalue weighted by molar-refractivity contribution is 5.76. The molecule has 1 unspecified atom stereocenters. The Morgan fingerprint density at radius 2 is 2.25 bits per heavy atom. The molecule has 2 heterocycles. The van der Waals surface area contributed by atoms with Crippen molar-refractivity contribution in [1.82, 2.24) is 15.5 Å². The van der Waals surface area contributed by atoms with Gasteiger partial charge in [-0.1, -0.05) is 0 Å². The van der Waals surface area contributed by atoms with E-state index in [0.717, 1.165) is 52.4 Å². The Kier molecular flexibility index (Phi) is 4.56. The first kappa shape index (κ1) is 11.8. The summed E-state index contributed by atoms with van der Waals surface area (Å²) in [6, 6.07) is 0.457. The Hall–Kier alpha value is -0.650. The Morgan fingerprint density at radius 3 is 2.94 bits per heavy atom. The zero-order valence-electron chi connectivity index (χ0n) is 9.71. The maximum atomic E-state index is 11.0. The molecule has 2 aliphatic rings. The summed E-state index contributed by atoms with van der Waals surface area (Å²) < 4.78 is 5.30. The van der Waals surface area contributed by atoms with Gasteiger partial charge in [-0.15, -0.1) is 0 Å². The largest absolute Gasteiger partial charge is 0.379 e. The molecule has 92 valence electrons. The third-order valence-corrected chi connectivity index (χ3v) is 3.23. The lowest BCUT2D eigenvalue weighted by atomic mass is 10.1. The molecule has 1 atom stereocenters. The SMILES string of the molecule is O=C1CCC(NCCN2CCOCC2)CN1. The number of piperidine rings is 1. The summed E-state index contributed by atoms with van der Waals surface area (Å²) in [7, 11) is 0. The van der Waals surface area contributed by atoms with Gasteiger partial charge >= 0.3 is 0 Å². The molecule has 2 N–H and O–H groups in total. The van der Waals surface area contributed by atoms with E-state index >= 15 is 0 Å². The maximum Gasteiger partial charge on any atom is 0.220 e. The van der Waals surface area contributed by atoms with E-state index in [4.69, 9.17) is 4.74 Å². The molecular weight excluding hydrogens is 206 g/mol. The van der Waals surface area contributed by atoms with Gasteiger partial charge in [0.2, 0.25) is 5.91 Å². The van der Waals surface area contributed by atoms with E-state index in [9.17, 15) is 4.79 Å². The molecule has 2 saturated heterocycles. The molecule has 0 aromatic carbocycles. The summed E-state index contributed by atoms with van der Waals surface area (Å²) in [4.78, 5) is 13.4. The van der Waals surface area contributed by atoms with E-state index in [1.165, 1.54) is 0 Å². The average Bonchev–Trinajstić information content (AvgIpc) is 2.33. The van der Waals surface area contributed by atoms with Crippen LogP contribution < -0.4 is 10.6 Å². The van der Waals surface area contributed by atoms with Gasteiger partial charge in [0.1, 0.15) is 0 Å². The molecule has 2 fully saturated rings. The van der Waals surface area contributed by atoms with Crippen LogP contribution in [0.5, 0.6) is 0 Å². The van der Waals surface area contributed by atoms with Gasteiger partial charge in [0.25, 0.3) is 0 Å². The predicted molar refractivity (Wildman–Crippen MR) is 61.3 cm³/mol. The zero-order chi connectivity index (χ0) is 11.2. The number of amides is 1. The molecule has 0 aromatic rings. The topological polar surface area (TPSA) is 53.6 Å². The van der Waals surface area contributed by atoms with Gasteiger partial charge in [0.15, 0.2) is 0 Å². The minimum Gasteiger partial charge on any atom is -0.379 e. The lowest BCUT2D eigenvalue weighted by molar-refractivity contribution is -0.122. The fourth-order valence-corrected chi connectivity index (χ4v) is 2.16. The van der Waals surface area contributed by atoms with Gasteiger partial charge in [-0.2, -0.15) is 0 Å². The standard InChI is InChI=1S/C11H21N3O2/c15-11-2-1-10(9-13-11)12-3-4-14-5-7-16-8-6-14/h10,12H,1-9H2,(H,13,15). The second-order valence-electron chi connectivity index (χ2n) is 4.45. The summed E-state index contributed by atoms with van der Waals surface area (Å²) in [5, 5.41) is 6.38. The number of carbonyl (C=O) groups is 1. The monoisotopic (exact) mass is 227 g/mol. The number of nitrogens with zero attached hydrogens (tertiary/aromatic N) is 1. The third kappa shape index (κ3) is 3.73. The fraction of sp³-hybridized carbons (Fsp3) is 0.909. The number of carbonyl (C=O) groups excluding carboxylic acids is 1. The van der Waals surface area contributed by atoms with Crippen LogP contribution in [0.25, 0.3) is 0 Å². The predicted octanol–water partition coefficient (Wildman–Crippen LogP) is -0.813. The van der Waals surface area contributed by atoms with Crippen molar-refractivity contribution in [3.63, 3.8) is 0 Å². The summed E-state index contributed by atoms with van der Waals surface area (Å²) in [6.45, 7) is 6.67. The van der Waals surface area contributed by atoms with Crippen LogP contribution in [0.15, 0.2) is 0 Å². The molecule has 5 nitrogen and oxygen atoms in total. The zero-order valence-corrected chi connectivity index (χ0v) is 9.71. The van der Waals surface area contributed by atoms with Crippen molar-refractivity contribution in [1.29, 1.82) is 0 Å². The van der Waals surface area contributed by atoms with Crippen LogP contribution in [0.2, 0.25) is 0 Å². The summed E-state index contributed by atoms with van der Waals surface area (Å²) in [5.41, 5.74) is 0. The Labute approximate surface area is 96.5 Å². The lowest BCUT2D eigenvalue weighted by Crippen LogP contribution is -2.48. The second kappa shape index (κ2) is 6.18. The van der Waals surface area contributed by atoms with Crippen LogP contribution in [-0.4, -0.2) is 62.8 Å². The minimum atomic E-state index is 0.186. The van der Waals surface area contributed by atoms with E-state index in [-0.39, 0.29) is 5.91 Å². The molecule has 0 aliphatic carbocycles. The van der Waals surface area contributed by atoms with Crippen LogP contribution in [0.1, 0.15) is 12.8 Å². The molecule has 1 amide bonds. The van der Waals surface area contributed by atoms with E-state index in [0.29, 0.717) is 12.5 Å². The lowest BCUT2D eigenvalue weighted by Gasteiger charge is -2.28. The molecule has 0 spiro atoms. The fourth-order valence-electron chi connectivity index (χ4n) is 2.16. The van der Waals surface area contributed by atoms with Crippen LogP contribution >= 0.6 is 0 Å². The normalized spacial score (nSPS) is 27.8. The van der Waals surface area contributed by atoms with Crippen LogP contribution in [-0.2, 0) is 9.53 Å². The van der Waals surface area contributed by atoms with E-state index in [1.54, 1.807) is 0 Å². The summed E-state index contributed by atoms with van der Waals surface area (Å²) in [6.07, 6.45) is 1.63. The van der Waals surface area contributed by atoms with Crippen molar-refractivity contribution in [3.8, 4) is 0 Å². The average molecular weight is 227 g/mol. The van der Waals surface area contributed by atoms with Gasteiger partial charge in [-0.25, -0.2) is 0 Å². The van der Waals surface area contributed by atoms with E-state index in [2.05, 4.69) is 15.5 Å².